The highest BCUT2D eigenvalue weighted by Crippen LogP contribution is 2.36. The molecule has 0 saturated carbocycles. The minimum absolute atomic E-state index is 0.115. The minimum Gasteiger partial charge on any atom is -0.493 e. The van der Waals surface area contributed by atoms with Crippen LogP contribution in [-0.2, 0) is 17.9 Å². The summed E-state index contributed by atoms with van der Waals surface area (Å²) >= 11 is 12.9. The van der Waals surface area contributed by atoms with Crippen LogP contribution >= 0.6 is 35.0 Å². The number of benzene rings is 2. The van der Waals surface area contributed by atoms with Gasteiger partial charge in [-0.2, -0.15) is 0 Å². The fraction of sp³-hybridized carbons (Fsp3) is 0.125. The van der Waals surface area contributed by atoms with Crippen molar-refractivity contribution in [3.63, 3.8) is 0 Å². The first-order valence-corrected chi connectivity index (χ1v) is 11.4. The van der Waals surface area contributed by atoms with Gasteiger partial charge >= 0.3 is 0 Å². The van der Waals surface area contributed by atoms with Crippen molar-refractivity contribution < 1.29 is 19.1 Å². The molecule has 2 amide bonds. The van der Waals surface area contributed by atoms with E-state index in [0.29, 0.717) is 44.2 Å². The minimum atomic E-state index is -0.368. The van der Waals surface area contributed by atoms with Crippen molar-refractivity contribution in [2.24, 2.45) is 0 Å². The number of nitrogens with zero attached hydrogens (tertiary/aromatic N) is 2. The van der Waals surface area contributed by atoms with Gasteiger partial charge < -0.3 is 9.47 Å². The Kier molecular flexibility index (Phi) is 7.23. The first-order chi connectivity index (χ1) is 15.9. The molecule has 2 aromatic carbocycles. The van der Waals surface area contributed by atoms with Crippen LogP contribution in [0.25, 0.3) is 6.08 Å². The van der Waals surface area contributed by atoms with Gasteiger partial charge in [-0.15, -0.1) is 0 Å². The van der Waals surface area contributed by atoms with Crippen LogP contribution in [0.3, 0.4) is 0 Å². The zero-order valence-electron chi connectivity index (χ0n) is 17.5. The second-order valence-corrected chi connectivity index (χ2v) is 8.88. The maximum atomic E-state index is 12.9. The summed E-state index contributed by atoms with van der Waals surface area (Å²) in [6, 6.07) is 14.1. The highest BCUT2D eigenvalue weighted by Gasteiger charge is 2.35. The Balaban J connectivity index is 1.49. The number of ether oxygens (including phenoxy) is 2. The van der Waals surface area contributed by atoms with E-state index in [9.17, 15) is 9.59 Å². The molecule has 4 rings (SSSR count). The molecule has 0 spiro atoms. The Labute approximate surface area is 205 Å². The Hall–Kier alpha value is -3.00. The number of methoxy groups -OCH3 is 1. The molecule has 3 aromatic rings. The zero-order valence-corrected chi connectivity index (χ0v) is 19.8. The van der Waals surface area contributed by atoms with Crippen LogP contribution in [0.4, 0.5) is 4.79 Å². The lowest BCUT2D eigenvalue weighted by atomic mass is 10.1. The summed E-state index contributed by atoms with van der Waals surface area (Å²) in [4.78, 5) is 30.8. The molecule has 1 aliphatic rings. The Morgan fingerprint density at radius 2 is 1.76 bits per heavy atom. The lowest BCUT2D eigenvalue weighted by molar-refractivity contribution is -0.123. The number of imide groups is 1. The summed E-state index contributed by atoms with van der Waals surface area (Å²) < 4.78 is 11.3. The van der Waals surface area contributed by atoms with E-state index in [2.05, 4.69) is 4.98 Å². The molecule has 0 aliphatic carbocycles. The van der Waals surface area contributed by atoms with Crippen molar-refractivity contribution in [2.45, 2.75) is 13.2 Å². The van der Waals surface area contributed by atoms with Crippen molar-refractivity contribution in [1.29, 1.82) is 0 Å². The van der Waals surface area contributed by atoms with Gasteiger partial charge in [0.1, 0.15) is 6.61 Å². The number of aromatic nitrogens is 1. The molecule has 1 aromatic heterocycles. The lowest BCUT2D eigenvalue weighted by Gasteiger charge is -2.13. The molecular weight excluding hydrogens is 483 g/mol. The predicted molar refractivity (Wildman–Crippen MR) is 130 cm³/mol. The zero-order chi connectivity index (χ0) is 23.4. The van der Waals surface area contributed by atoms with Crippen LogP contribution in [0.15, 0.2) is 65.8 Å². The van der Waals surface area contributed by atoms with E-state index in [1.165, 1.54) is 4.90 Å². The maximum Gasteiger partial charge on any atom is 0.293 e. The van der Waals surface area contributed by atoms with E-state index >= 15 is 0 Å². The van der Waals surface area contributed by atoms with Crippen molar-refractivity contribution >= 4 is 52.2 Å². The molecule has 1 fully saturated rings. The lowest BCUT2D eigenvalue weighted by Crippen LogP contribution is -2.27. The van der Waals surface area contributed by atoms with Crippen molar-refractivity contribution in [3.05, 3.63) is 92.6 Å². The quantitative estimate of drug-likeness (QED) is 0.359. The molecule has 1 saturated heterocycles. The van der Waals surface area contributed by atoms with Crippen LogP contribution in [0.5, 0.6) is 11.5 Å². The number of pyridine rings is 1. The number of carbonyl (C=O) groups is 2. The normalized spacial score (nSPS) is 14.8. The average Bonchev–Trinajstić information content (AvgIpc) is 3.08. The fourth-order valence-electron chi connectivity index (χ4n) is 3.14. The summed E-state index contributed by atoms with van der Waals surface area (Å²) in [5.74, 6) is 0.722. The number of rotatable bonds is 7. The summed E-state index contributed by atoms with van der Waals surface area (Å²) in [5.41, 5.74) is 2.40. The number of carbonyl (C=O) groups excluding carboxylic acids is 2. The topological polar surface area (TPSA) is 68.7 Å². The molecule has 0 radical (unpaired) electrons. The predicted octanol–water partition coefficient (Wildman–Crippen LogP) is 6.21. The maximum absolute atomic E-state index is 12.9. The van der Waals surface area contributed by atoms with Gasteiger partial charge in [0.25, 0.3) is 11.1 Å². The summed E-state index contributed by atoms with van der Waals surface area (Å²) in [5, 5.41) is 0.438. The van der Waals surface area contributed by atoms with E-state index in [4.69, 9.17) is 32.7 Å². The van der Waals surface area contributed by atoms with Gasteiger partial charge in [-0.05, 0) is 70.9 Å². The molecule has 9 heteroatoms. The molecule has 6 nitrogen and oxygen atoms in total. The van der Waals surface area contributed by atoms with Crippen molar-refractivity contribution in [3.8, 4) is 11.5 Å². The first kappa shape index (κ1) is 23.2. The van der Waals surface area contributed by atoms with Crippen molar-refractivity contribution in [2.75, 3.05) is 7.11 Å². The average molecular weight is 501 g/mol. The Bertz CT molecular complexity index is 1230. The molecular formula is C24H18Cl2N2O4S. The largest absolute Gasteiger partial charge is 0.493 e. The number of hydrogen-bond acceptors (Lipinski definition) is 6. The summed E-state index contributed by atoms with van der Waals surface area (Å²) in [6.07, 6.45) is 5.07. The molecule has 0 atom stereocenters. The van der Waals surface area contributed by atoms with E-state index in [0.717, 1.165) is 17.3 Å². The second kappa shape index (κ2) is 10.3. The Morgan fingerprint density at radius 1 is 0.970 bits per heavy atom. The third kappa shape index (κ3) is 5.50. The van der Waals surface area contributed by atoms with Gasteiger partial charge in [-0.3, -0.25) is 19.5 Å². The number of halogens is 2. The number of hydrogen-bond donors (Lipinski definition) is 0. The number of thioether (sulfide) groups is 1. The second-order valence-electron chi connectivity index (χ2n) is 7.07. The number of amides is 2. The van der Waals surface area contributed by atoms with Crippen LogP contribution in [0, 0.1) is 0 Å². The SMILES string of the molecule is COc1cc(/C=C2\SC(=O)N(Cc3ccc(Cl)c(Cl)c3)C2=O)ccc1OCc1ccncc1. The van der Waals surface area contributed by atoms with Gasteiger partial charge in [-0.25, -0.2) is 0 Å². The molecule has 168 valence electrons. The molecule has 0 bridgehead atoms. The van der Waals surface area contributed by atoms with Gasteiger partial charge in [0, 0.05) is 12.4 Å². The van der Waals surface area contributed by atoms with Crippen LogP contribution in [-0.4, -0.2) is 28.1 Å². The van der Waals surface area contributed by atoms with Crippen LogP contribution in [0.1, 0.15) is 16.7 Å². The summed E-state index contributed by atoms with van der Waals surface area (Å²) in [7, 11) is 1.55. The van der Waals surface area contributed by atoms with Gasteiger partial charge in [-0.1, -0.05) is 35.3 Å². The van der Waals surface area contributed by atoms with Crippen LogP contribution < -0.4 is 9.47 Å². The van der Waals surface area contributed by atoms with Crippen LogP contribution in [0.2, 0.25) is 10.0 Å². The molecule has 2 heterocycles. The smallest absolute Gasteiger partial charge is 0.293 e. The van der Waals surface area contributed by atoms with E-state index in [-0.39, 0.29) is 17.7 Å². The van der Waals surface area contributed by atoms with E-state index in [1.54, 1.807) is 62.0 Å². The molecule has 33 heavy (non-hydrogen) atoms. The van der Waals surface area contributed by atoms with E-state index < -0.39 is 0 Å². The molecule has 0 N–H and O–H groups in total. The third-order valence-corrected chi connectivity index (χ3v) is 6.47. The van der Waals surface area contributed by atoms with E-state index in [1.807, 2.05) is 12.1 Å². The summed E-state index contributed by atoms with van der Waals surface area (Å²) in [6.45, 7) is 0.482. The first-order valence-electron chi connectivity index (χ1n) is 9.83. The van der Waals surface area contributed by atoms with Gasteiger partial charge in [0.2, 0.25) is 0 Å². The van der Waals surface area contributed by atoms with Crippen molar-refractivity contribution in [1.82, 2.24) is 9.88 Å². The van der Waals surface area contributed by atoms with Gasteiger partial charge in [0.05, 0.1) is 28.6 Å². The third-order valence-electron chi connectivity index (χ3n) is 4.83. The standard InChI is InChI=1S/C24H18Cl2N2O4S/c1-31-21-11-16(3-5-20(21)32-14-15-6-8-27-9-7-15)12-22-23(29)28(24(30)33-22)13-17-2-4-18(25)19(26)10-17/h2-12H,13-14H2,1H3/b22-12-. The highest BCUT2D eigenvalue weighted by molar-refractivity contribution is 8.18. The van der Waals surface area contributed by atoms with Gasteiger partial charge in [0.15, 0.2) is 11.5 Å². The monoisotopic (exact) mass is 500 g/mol. The molecule has 0 unspecified atom stereocenters. The fourth-order valence-corrected chi connectivity index (χ4v) is 4.30. The Morgan fingerprint density at radius 3 is 2.48 bits per heavy atom. The molecule has 1 aliphatic heterocycles. The highest BCUT2D eigenvalue weighted by atomic mass is 35.5.